The summed E-state index contributed by atoms with van der Waals surface area (Å²) in [6, 6.07) is 47.6. The van der Waals surface area contributed by atoms with Crippen molar-refractivity contribution in [2.24, 2.45) is 0 Å². The molecule has 0 amide bonds. The zero-order chi connectivity index (χ0) is 32.2. The van der Waals surface area contributed by atoms with E-state index in [1.807, 2.05) is 12.1 Å². The van der Waals surface area contributed by atoms with Gasteiger partial charge in [0.1, 0.15) is 0 Å². The van der Waals surface area contributed by atoms with Crippen molar-refractivity contribution >= 4 is 40.2 Å². The zero-order valence-electron chi connectivity index (χ0n) is 27.7. The molecule has 0 N–H and O–H groups in total. The van der Waals surface area contributed by atoms with Crippen LogP contribution in [0, 0.1) is 53.4 Å². The van der Waals surface area contributed by atoms with Crippen LogP contribution in [-0.4, -0.2) is 6.71 Å². The lowest BCUT2D eigenvalue weighted by molar-refractivity contribution is 1.28. The third-order valence-electron chi connectivity index (χ3n) is 8.80. The van der Waals surface area contributed by atoms with E-state index in [0.717, 1.165) is 28.2 Å². The maximum absolute atomic E-state index is 3.42. The third kappa shape index (κ3) is 6.56. The molecule has 0 spiro atoms. The fourth-order valence-corrected chi connectivity index (χ4v) is 6.97. The van der Waals surface area contributed by atoms with E-state index in [1.54, 1.807) is 0 Å². The fourth-order valence-electron chi connectivity index (χ4n) is 6.97. The Bertz CT molecular complexity index is 1890. The van der Waals surface area contributed by atoms with Crippen LogP contribution in [0.2, 0.25) is 0 Å². The molecule has 0 radical (unpaired) electrons. The second-order valence-electron chi connectivity index (χ2n) is 12.5. The summed E-state index contributed by atoms with van der Waals surface area (Å²) in [6.07, 6.45) is 0. The summed E-state index contributed by atoms with van der Waals surface area (Å²) >= 11 is 0. The molecule has 224 valence electrons. The van der Waals surface area contributed by atoms with E-state index in [0.29, 0.717) is 0 Å². The first kappa shape index (κ1) is 30.8. The number of hydrogen-bond donors (Lipinski definition) is 0. The standard InChI is InChI=1S/C44H40BN/c1-31-27-33(3)43(34(4)28-31)45(44-35(5)29-32(2)30-36(44)6)39-23-19-37(20-24-39)17-18-38-21-25-42(26-22-38)46(40-13-9-7-10-14-40)41-15-11-8-12-16-41/h7-16,19-30H,1-6H3. The first-order valence-corrected chi connectivity index (χ1v) is 16.1. The van der Waals surface area contributed by atoms with Crippen LogP contribution in [0.15, 0.2) is 133 Å². The molecule has 0 aliphatic rings. The summed E-state index contributed by atoms with van der Waals surface area (Å²) < 4.78 is 0. The van der Waals surface area contributed by atoms with E-state index in [2.05, 4.69) is 180 Å². The molecule has 2 heteroatoms. The first-order chi connectivity index (χ1) is 22.3. The zero-order valence-corrected chi connectivity index (χ0v) is 27.7. The summed E-state index contributed by atoms with van der Waals surface area (Å²) in [4.78, 5) is 2.27. The Morgan fingerprint density at radius 2 is 0.761 bits per heavy atom. The average molecular weight is 594 g/mol. The van der Waals surface area contributed by atoms with Gasteiger partial charge >= 0.3 is 0 Å². The van der Waals surface area contributed by atoms with E-state index in [9.17, 15) is 0 Å². The van der Waals surface area contributed by atoms with Gasteiger partial charge in [-0.15, -0.1) is 0 Å². The molecule has 0 saturated carbocycles. The highest BCUT2D eigenvalue weighted by Gasteiger charge is 2.28. The van der Waals surface area contributed by atoms with Crippen molar-refractivity contribution < 1.29 is 0 Å². The van der Waals surface area contributed by atoms with Crippen molar-refractivity contribution in [3.63, 3.8) is 0 Å². The van der Waals surface area contributed by atoms with Crippen LogP contribution >= 0.6 is 0 Å². The predicted molar refractivity (Wildman–Crippen MR) is 200 cm³/mol. The lowest BCUT2D eigenvalue weighted by Crippen LogP contribution is -2.55. The number of aryl methyl sites for hydroxylation is 6. The maximum atomic E-state index is 3.42. The maximum Gasteiger partial charge on any atom is 0.242 e. The molecule has 0 heterocycles. The Morgan fingerprint density at radius 3 is 1.15 bits per heavy atom. The second kappa shape index (κ2) is 13.4. The van der Waals surface area contributed by atoms with Gasteiger partial charge in [0.2, 0.25) is 6.71 Å². The summed E-state index contributed by atoms with van der Waals surface area (Å²) in [5, 5.41) is 0. The van der Waals surface area contributed by atoms with Gasteiger partial charge in [0.25, 0.3) is 0 Å². The third-order valence-corrected chi connectivity index (χ3v) is 8.80. The monoisotopic (exact) mass is 593 g/mol. The predicted octanol–water partition coefficient (Wildman–Crippen LogP) is 8.92. The van der Waals surface area contributed by atoms with Gasteiger partial charge in [-0.25, -0.2) is 0 Å². The molecule has 6 aromatic rings. The van der Waals surface area contributed by atoms with Crippen LogP contribution in [0.4, 0.5) is 17.1 Å². The van der Waals surface area contributed by atoms with Gasteiger partial charge in [-0.3, -0.25) is 0 Å². The van der Waals surface area contributed by atoms with Crippen LogP contribution in [0.3, 0.4) is 0 Å². The van der Waals surface area contributed by atoms with Crippen molar-refractivity contribution in [2.75, 3.05) is 4.90 Å². The van der Waals surface area contributed by atoms with Crippen LogP contribution in [-0.2, 0) is 0 Å². The van der Waals surface area contributed by atoms with Gasteiger partial charge in [-0.05, 0) is 102 Å². The molecule has 6 rings (SSSR count). The summed E-state index contributed by atoms with van der Waals surface area (Å²) in [6.45, 7) is 13.6. The van der Waals surface area contributed by atoms with Gasteiger partial charge in [0.05, 0.1) is 0 Å². The van der Waals surface area contributed by atoms with E-state index in [1.165, 1.54) is 49.8 Å². The largest absolute Gasteiger partial charge is 0.311 e. The summed E-state index contributed by atoms with van der Waals surface area (Å²) in [7, 11) is 0. The van der Waals surface area contributed by atoms with Crippen LogP contribution in [0.25, 0.3) is 0 Å². The Kier molecular flexibility index (Phi) is 8.96. The van der Waals surface area contributed by atoms with Crippen LogP contribution < -0.4 is 21.3 Å². The molecule has 46 heavy (non-hydrogen) atoms. The molecule has 1 nitrogen and oxygen atoms in total. The highest BCUT2D eigenvalue weighted by molar-refractivity contribution is 6.96. The van der Waals surface area contributed by atoms with Gasteiger partial charge in [-0.2, -0.15) is 0 Å². The number of hydrogen-bond acceptors (Lipinski definition) is 1. The lowest BCUT2D eigenvalue weighted by Gasteiger charge is -2.25. The topological polar surface area (TPSA) is 3.24 Å². The first-order valence-electron chi connectivity index (χ1n) is 16.1. The number of nitrogens with zero attached hydrogens (tertiary/aromatic N) is 1. The van der Waals surface area contributed by atoms with E-state index >= 15 is 0 Å². The van der Waals surface area contributed by atoms with Crippen molar-refractivity contribution in [3.8, 4) is 11.8 Å². The smallest absolute Gasteiger partial charge is 0.242 e. The highest BCUT2D eigenvalue weighted by atomic mass is 15.1. The number of rotatable bonds is 6. The number of para-hydroxylation sites is 2. The Labute approximate surface area is 275 Å². The van der Waals surface area contributed by atoms with Gasteiger partial charge in [-0.1, -0.05) is 134 Å². The summed E-state index contributed by atoms with van der Waals surface area (Å²) in [5.74, 6) is 6.81. The minimum atomic E-state index is 0.160. The van der Waals surface area contributed by atoms with Crippen LogP contribution in [0.1, 0.15) is 44.5 Å². The minimum Gasteiger partial charge on any atom is -0.311 e. The SMILES string of the molecule is Cc1cc(C)c(B(c2ccc(C#Cc3ccc(N(c4ccccc4)c4ccccc4)cc3)cc2)c2c(C)cc(C)cc2C)c(C)c1. The van der Waals surface area contributed by atoms with Gasteiger partial charge in [0.15, 0.2) is 0 Å². The van der Waals surface area contributed by atoms with Crippen molar-refractivity contribution in [2.45, 2.75) is 41.5 Å². The molecular weight excluding hydrogens is 553 g/mol. The van der Waals surface area contributed by atoms with Gasteiger partial charge < -0.3 is 4.90 Å². The number of benzene rings is 6. The molecule has 0 bridgehead atoms. The van der Waals surface area contributed by atoms with Crippen LogP contribution in [0.5, 0.6) is 0 Å². The molecule has 0 fully saturated rings. The van der Waals surface area contributed by atoms with Gasteiger partial charge in [0, 0.05) is 28.2 Å². The molecule has 0 aromatic heterocycles. The molecular formula is C44H40BN. The average Bonchev–Trinajstić information content (AvgIpc) is 3.04. The Balaban J connectivity index is 1.31. The Hall–Kier alpha value is -5.26. The van der Waals surface area contributed by atoms with E-state index in [4.69, 9.17) is 0 Å². The van der Waals surface area contributed by atoms with Crippen molar-refractivity contribution in [1.82, 2.24) is 0 Å². The Morgan fingerprint density at radius 1 is 0.413 bits per heavy atom. The quantitative estimate of drug-likeness (QED) is 0.138. The highest BCUT2D eigenvalue weighted by Crippen LogP contribution is 2.34. The van der Waals surface area contributed by atoms with Crippen molar-refractivity contribution in [1.29, 1.82) is 0 Å². The number of anilines is 3. The minimum absolute atomic E-state index is 0.160. The lowest BCUT2D eigenvalue weighted by atomic mass is 9.34. The molecule has 0 saturated heterocycles. The summed E-state index contributed by atoms with van der Waals surface area (Å²) in [5.41, 5.74) is 17.4. The molecule has 0 aliphatic carbocycles. The van der Waals surface area contributed by atoms with E-state index < -0.39 is 0 Å². The normalized spacial score (nSPS) is 10.7. The fraction of sp³-hybridized carbons (Fsp3) is 0.136. The molecule has 6 aromatic carbocycles. The molecule has 0 atom stereocenters. The van der Waals surface area contributed by atoms with Crippen molar-refractivity contribution in [3.05, 3.63) is 178 Å². The van der Waals surface area contributed by atoms with E-state index in [-0.39, 0.29) is 6.71 Å². The second-order valence-corrected chi connectivity index (χ2v) is 12.5. The molecule has 0 unspecified atom stereocenters. The molecule has 0 aliphatic heterocycles.